The minimum atomic E-state index is -0.250. The Balaban J connectivity index is 1.29. The lowest BCUT2D eigenvalue weighted by molar-refractivity contribution is 0.0867. The van der Waals surface area contributed by atoms with Gasteiger partial charge in [-0.05, 0) is 36.1 Å². The fourth-order valence-electron chi connectivity index (χ4n) is 4.04. The van der Waals surface area contributed by atoms with Gasteiger partial charge in [0, 0.05) is 19.6 Å². The van der Waals surface area contributed by atoms with Crippen LogP contribution in [0.25, 0.3) is 11.2 Å². The number of imidazole rings is 1. The monoisotopic (exact) mass is 417 g/mol. The first-order chi connectivity index (χ1) is 15.2. The predicted molar refractivity (Wildman–Crippen MR) is 116 cm³/mol. The molecule has 5 rings (SSSR count). The van der Waals surface area contributed by atoms with Crippen molar-refractivity contribution < 1.29 is 9.13 Å². The first-order valence-corrected chi connectivity index (χ1v) is 10.6. The number of ether oxygens (including phenoxy) is 1. The number of hydrogen-bond donors (Lipinski definition) is 0. The third kappa shape index (κ3) is 4.56. The highest BCUT2D eigenvalue weighted by molar-refractivity contribution is 5.71. The number of hydrogen-bond acceptors (Lipinski definition) is 5. The van der Waals surface area contributed by atoms with E-state index in [-0.39, 0.29) is 11.9 Å². The van der Waals surface area contributed by atoms with Gasteiger partial charge in [-0.2, -0.15) is 4.98 Å². The quantitative estimate of drug-likeness (QED) is 0.474. The number of likely N-dealkylation sites (tertiary alicyclic amines) is 1. The Kier molecular flexibility index (Phi) is 5.58. The van der Waals surface area contributed by atoms with Crippen LogP contribution >= 0.6 is 0 Å². The maximum absolute atomic E-state index is 13.3. The van der Waals surface area contributed by atoms with Gasteiger partial charge in [0.2, 0.25) is 0 Å². The van der Waals surface area contributed by atoms with Gasteiger partial charge in [-0.15, -0.1) is 0 Å². The second-order valence-corrected chi connectivity index (χ2v) is 7.92. The summed E-state index contributed by atoms with van der Waals surface area (Å²) in [6, 6.07) is 17.6. The van der Waals surface area contributed by atoms with Crippen molar-refractivity contribution in [2.75, 3.05) is 13.1 Å². The van der Waals surface area contributed by atoms with Gasteiger partial charge in [0.25, 0.3) is 6.01 Å². The highest BCUT2D eigenvalue weighted by atomic mass is 19.1. The van der Waals surface area contributed by atoms with Gasteiger partial charge in [0.05, 0.1) is 12.7 Å². The topological polar surface area (TPSA) is 56.1 Å². The molecule has 7 heteroatoms. The van der Waals surface area contributed by atoms with Crippen LogP contribution in [0.3, 0.4) is 0 Å². The van der Waals surface area contributed by atoms with Crippen LogP contribution in [0.2, 0.25) is 0 Å². The summed E-state index contributed by atoms with van der Waals surface area (Å²) >= 11 is 0. The number of benzene rings is 2. The van der Waals surface area contributed by atoms with E-state index in [0.29, 0.717) is 18.1 Å². The number of rotatable bonds is 6. The highest BCUT2D eigenvalue weighted by Gasteiger charge is 2.23. The molecule has 2 aromatic heterocycles. The molecular formula is C24H24FN5O. The number of piperidine rings is 1. The average Bonchev–Trinajstić information content (AvgIpc) is 3.14. The minimum Gasteiger partial charge on any atom is -0.461 e. The largest absolute Gasteiger partial charge is 0.461 e. The summed E-state index contributed by atoms with van der Waals surface area (Å²) in [7, 11) is 0. The van der Waals surface area contributed by atoms with E-state index in [1.807, 2.05) is 10.6 Å². The van der Waals surface area contributed by atoms with Gasteiger partial charge in [-0.25, -0.2) is 14.4 Å². The first-order valence-electron chi connectivity index (χ1n) is 10.6. The van der Waals surface area contributed by atoms with Gasteiger partial charge in [-0.1, -0.05) is 42.5 Å². The highest BCUT2D eigenvalue weighted by Crippen LogP contribution is 2.24. The maximum Gasteiger partial charge on any atom is 0.299 e. The zero-order valence-corrected chi connectivity index (χ0v) is 17.2. The third-order valence-electron chi connectivity index (χ3n) is 5.68. The van der Waals surface area contributed by atoms with Crippen molar-refractivity contribution in [3.63, 3.8) is 0 Å². The van der Waals surface area contributed by atoms with E-state index >= 15 is 0 Å². The summed E-state index contributed by atoms with van der Waals surface area (Å²) in [5.74, 6) is -0.250. The molecule has 0 bridgehead atoms. The standard InChI is InChI=1S/C24H24FN5O/c25-20-8-6-19(7-9-20)16-30-23-22(14-26-17-27-23)28-24(30)31-21-10-12-29(13-11-21)15-18-4-2-1-3-5-18/h1-9,14,17,21H,10-13,15-16H2. The molecule has 2 aromatic carbocycles. The summed E-state index contributed by atoms with van der Waals surface area (Å²) in [6.07, 6.45) is 5.19. The Morgan fingerprint density at radius 3 is 2.45 bits per heavy atom. The van der Waals surface area contributed by atoms with E-state index in [4.69, 9.17) is 4.74 Å². The normalized spacial score (nSPS) is 15.4. The molecule has 1 aliphatic rings. The van der Waals surface area contributed by atoms with Crippen LogP contribution in [0.5, 0.6) is 6.01 Å². The number of nitrogens with zero attached hydrogens (tertiary/aromatic N) is 5. The van der Waals surface area contributed by atoms with Crippen LogP contribution in [0, 0.1) is 5.82 Å². The molecule has 0 aliphatic carbocycles. The molecule has 0 atom stereocenters. The lowest BCUT2D eigenvalue weighted by Gasteiger charge is -2.31. The summed E-state index contributed by atoms with van der Waals surface area (Å²) in [4.78, 5) is 15.6. The molecule has 0 N–H and O–H groups in total. The van der Waals surface area contributed by atoms with Crippen molar-refractivity contribution in [2.45, 2.75) is 32.0 Å². The molecular weight excluding hydrogens is 393 g/mol. The molecule has 158 valence electrons. The molecule has 0 radical (unpaired) electrons. The lowest BCUT2D eigenvalue weighted by atomic mass is 10.1. The van der Waals surface area contributed by atoms with Gasteiger partial charge in [0.1, 0.15) is 23.8 Å². The molecule has 31 heavy (non-hydrogen) atoms. The summed E-state index contributed by atoms with van der Waals surface area (Å²) in [6.45, 7) is 3.44. The van der Waals surface area contributed by atoms with Crippen LogP contribution in [-0.2, 0) is 13.1 Å². The Morgan fingerprint density at radius 2 is 1.68 bits per heavy atom. The second-order valence-electron chi connectivity index (χ2n) is 7.92. The Morgan fingerprint density at radius 1 is 0.935 bits per heavy atom. The average molecular weight is 417 g/mol. The molecule has 0 amide bonds. The summed E-state index contributed by atoms with van der Waals surface area (Å²) in [5.41, 5.74) is 3.71. The van der Waals surface area contributed by atoms with E-state index in [9.17, 15) is 4.39 Å². The minimum absolute atomic E-state index is 0.101. The third-order valence-corrected chi connectivity index (χ3v) is 5.68. The van der Waals surface area contributed by atoms with E-state index in [2.05, 4.69) is 44.1 Å². The van der Waals surface area contributed by atoms with Crippen molar-refractivity contribution in [1.29, 1.82) is 0 Å². The van der Waals surface area contributed by atoms with Crippen LogP contribution in [0.15, 0.2) is 67.1 Å². The Hall–Kier alpha value is -3.32. The van der Waals surface area contributed by atoms with Crippen LogP contribution in [-0.4, -0.2) is 43.6 Å². The molecule has 1 fully saturated rings. The predicted octanol–water partition coefficient (Wildman–Crippen LogP) is 4.06. The van der Waals surface area contributed by atoms with E-state index in [0.717, 1.165) is 43.7 Å². The molecule has 1 aliphatic heterocycles. The van der Waals surface area contributed by atoms with Crippen molar-refractivity contribution >= 4 is 11.2 Å². The number of aromatic nitrogens is 4. The van der Waals surface area contributed by atoms with Gasteiger partial charge in [0.15, 0.2) is 5.65 Å². The molecule has 3 heterocycles. The molecule has 0 saturated carbocycles. The maximum atomic E-state index is 13.3. The zero-order valence-electron chi connectivity index (χ0n) is 17.2. The zero-order chi connectivity index (χ0) is 21.0. The second kappa shape index (κ2) is 8.81. The van der Waals surface area contributed by atoms with Crippen LogP contribution < -0.4 is 4.74 Å². The van der Waals surface area contributed by atoms with E-state index < -0.39 is 0 Å². The van der Waals surface area contributed by atoms with Gasteiger partial charge in [-0.3, -0.25) is 9.47 Å². The van der Waals surface area contributed by atoms with Gasteiger partial charge < -0.3 is 4.74 Å². The van der Waals surface area contributed by atoms with Crippen LogP contribution in [0.1, 0.15) is 24.0 Å². The molecule has 0 unspecified atom stereocenters. The van der Waals surface area contributed by atoms with Gasteiger partial charge >= 0.3 is 0 Å². The van der Waals surface area contributed by atoms with E-state index in [1.54, 1.807) is 18.3 Å². The SMILES string of the molecule is Fc1ccc(Cn2c(OC3CCN(Cc4ccccc4)CC3)nc3cncnc32)cc1. The molecule has 6 nitrogen and oxygen atoms in total. The number of halogens is 1. The fraction of sp³-hybridized carbons (Fsp3) is 0.292. The first kappa shape index (κ1) is 19.6. The lowest BCUT2D eigenvalue weighted by Crippen LogP contribution is -2.38. The Labute approximate surface area is 180 Å². The molecule has 0 spiro atoms. The summed E-state index contributed by atoms with van der Waals surface area (Å²) in [5, 5.41) is 0. The van der Waals surface area contributed by atoms with Crippen molar-refractivity contribution in [1.82, 2.24) is 24.4 Å². The smallest absolute Gasteiger partial charge is 0.299 e. The number of fused-ring (bicyclic) bond motifs is 1. The van der Waals surface area contributed by atoms with E-state index in [1.165, 1.54) is 24.0 Å². The summed E-state index contributed by atoms with van der Waals surface area (Å²) < 4.78 is 21.6. The molecule has 1 saturated heterocycles. The fourth-order valence-corrected chi connectivity index (χ4v) is 4.04. The van der Waals surface area contributed by atoms with Crippen molar-refractivity contribution in [3.05, 3.63) is 84.1 Å². The Bertz CT molecular complexity index is 1140. The van der Waals surface area contributed by atoms with Crippen LogP contribution in [0.4, 0.5) is 4.39 Å². The van der Waals surface area contributed by atoms with Crippen molar-refractivity contribution in [2.24, 2.45) is 0 Å². The molecule has 4 aromatic rings. The van der Waals surface area contributed by atoms with Crippen molar-refractivity contribution in [3.8, 4) is 6.01 Å².